The Labute approximate surface area is 103 Å². The number of nitrogens with two attached hydrogens (primary N) is 2. The maximum absolute atomic E-state index is 11.5. The molecule has 1 rings (SSSR count). The van der Waals surface area contributed by atoms with Crippen LogP contribution in [0, 0.1) is 0 Å². The number of carbonyl (C=O) groups is 2. The lowest BCUT2D eigenvalue weighted by Gasteiger charge is -2.19. The molecule has 0 aliphatic carbocycles. The first-order chi connectivity index (χ1) is 7.84. The minimum atomic E-state index is -0.643. The number of amides is 2. The number of nitrogens with zero attached hydrogens (tertiary/aromatic N) is 3. The molecule has 0 saturated heterocycles. The van der Waals surface area contributed by atoms with Gasteiger partial charge in [-0.2, -0.15) is 4.37 Å². The maximum atomic E-state index is 11.5. The first-order valence-corrected chi connectivity index (χ1v) is 5.58. The number of aromatic nitrogens is 1. The Morgan fingerprint density at radius 2 is 1.94 bits per heavy atom. The molecule has 0 aliphatic heterocycles. The van der Waals surface area contributed by atoms with Crippen LogP contribution in [0.15, 0.2) is 0 Å². The molecule has 0 radical (unpaired) electrons. The fourth-order valence-corrected chi connectivity index (χ4v) is 1.98. The molecule has 94 valence electrons. The lowest BCUT2D eigenvalue weighted by molar-refractivity contribution is -0.127. The highest BCUT2D eigenvalue weighted by atomic mass is 32.1. The lowest BCUT2D eigenvalue weighted by atomic mass is 10.3. The van der Waals surface area contributed by atoms with Crippen LogP contribution in [0.2, 0.25) is 0 Å². The second-order valence-corrected chi connectivity index (χ2v) is 4.51. The normalized spacial score (nSPS) is 10.1. The fraction of sp³-hybridized carbons (Fsp3) is 0.444. The zero-order chi connectivity index (χ0) is 13.2. The van der Waals surface area contributed by atoms with Crippen molar-refractivity contribution >= 4 is 34.2 Å². The Bertz CT molecular complexity index is 443. The number of primary amides is 1. The number of likely N-dealkylation sites (N-methyl/N-ethyl adjacent to an activating group) is 2. The van der Waals surface area contributed by atoms with Gasteiger partial charge in [0.15, 0.2) is 5.82 Å². The summed E-state index contributed by atoms with van der Waals surface area (Å²) in [5, 5.41) is 0.505. The van der Waals surface area contributed by atoms with Crippen molar-refractivity contribution < 1.29 is 9.59 Å². The van der Waals surface area contributed by atoms with E-state index in [1.165, 1.54) is 4.90 Å². The van der Waals surface area contributed by atoms with E-state index in [4.69, 9.17) is 11.5 Å². The van der Waals surface area contributed by atoms with E-state index in [0.717, 1.165) is 11.5 Å². The lowest BCUT2D eigenvalue weighted by Crippen LogP contribution is -2.34. The predicted molar refractivity (Wildman–Crippen MR) is 67.0 cm³/mol. The van der Waals surface area contributed by atoms with Gasteiger partial charge >= 0.3 is 0 Å². The zero-order valence-corrected chi connectivity index (χ0v) is 10.7. The Kier molecular flexibility index (Phi) is 3.89. The highest BCUT2D eigenvalue weighted by Gasteiger charge is 2.21. The van der Waals surface area contributed by atoms with Crippen LogP contribution in [0.5, 0.6) is 0 Å². The second kappa shape index (κ2) is 5.00. The van der Waals surface area contributed by atoms with E-state index in [9.17, 15) is 9.59 Å². The summed E-state index contributed by atoms with van der Waals surface area (Å²) < 4.78 is 3.86. The Hall–Kier alpha value is -1.83. The van der Waals surface area contributed by atoms with Gasteiger partial charge in [-0.25, -0.2) is 0 Å². The number of carbonyl (C=O) groups excluding carboxylic acids is 2. The van der Waals surface area contributed by atoms with Crippen LogP contribution < -0.4 is 16.4 Å². The molecular weight excluding hydrogens is 242 g/mol. The largest absolute Gasteiger partial charge is 0.382 e. The summed E-state index contributed by atoms with van der Waals surface area (Å²) in [5.41, 5.74) is 10.9. The molecule has 7 nitrogen and oxygen atoms in total. The number of nitrogen functional groups attached to an aromatic ring is 1. The number of hydrogen-bond acceptors (Lipinski definition) is 6. The fourth-order valence-electron chi connectivity index (χ4n) is 1.20. The summed E-state index contributed by atoms with van der Waals surface area (Å²) in [5.74, 6) is -0.632. The van der Waals surface area contributed by atoms with Crippen molar-refractivity contribution in [3.8, 4) is 0 Å². The van der Waals surface area contributed by atoms with Crippen molar-refractivity contribution in [2.75, 3.05) is 38.3 Å². The van der Waals surface area contributed by atoms with Gasteiger partial charge in [0.1, 0.15) is 10.6 Å². The van der Waals surface area contributed by atoms with E-state index in [-0.39, 0.29) is 23.8 Å². The minimum Gasteiger partial charge on any atom is -0.382 e. The van der Waals surface area contributed by atoms with E-state index in [1.54, 1.807) is 26.0 Å². The standard InChI is InChI=1S/C9H15N5O2S/c1-13(2)5(15)4-14(3)9-6(8(11)16)7(10)12-17-9/h4H2,1-3H3,(H2,10,12)(H2,11,16). The first-order valence-electron chi connectivity index (χ1n) is 4.80. The van der Waals surface area contributed by atoms with Crippen molar-refractivity contribution in [1.82, 2.24) is 9.27 Å². The average molecular weight is 257 g/mol. The highest BCUT2D eigenvalue weighted by molar-refractivity contribution is 7.11. The first kappa shape index (κ1) is 13.2. The molecule has 4 N–H and O–H groups in total. The molecule has 0 bridgehead atoms. The summed E-state index contributed by atoms with van der Waals surface area (Å²) in [4.78, 5) is 25.8. The highest BCUT2D eigenvalue weighted by Crippen LogP contribution is 2.29. The van der Waals surface area contributed by atoms with Crippen molar-refractivity contribution in [2.45, 2.75) is 0 Å². The molecule has 1 aromatic heterocycles. The van der Waals surface area contributed by atoms with Gasteiger partial charge in [-0.05, 0) is 11.5 Å². The third kappa shape index (κ3) is 2.84. The molecule has 0 saturated carbocycles. The Morgan fingerprint density at radius 1 is 1.35 bits per heavy atom. The second-order valence-electron chi connectivity index (χ2n) is 3.76. The number of hydrogen-bond donors (Lipinski definition) is 2. The molecule has 17 heavy (non-hydrogen) atoms. The van der Waals surface area contributed by atoms with Gasteiger partial charge in [0, 0.05) is 21.1 Å². The van der Waals surface area contributed by atoms with Crippen molar-refractivity contribution in [3.63, 3.8) is 0 Å². The third-order valence-corrected chi connectivity index (χ3v) is 3.14. The van der Waals surface area contributed by atoms with Gasteiger partial charge in [-0.15, -0.1) is 0 Å². The average Bonchev–Trinajstić information content (AvgIpc) is 2.59. The van der Waals surface area contributed by atoms with Gasteiger partial charge in [0.25, 0.3) is 5.91 Å². The SMILES string of the molecule is CN(C)C(=O)CN(C)c1snc(N)c1C(N)=O. The predicted octanol–water partition coefficient (Wildman–Crippen LogP) is -0.651. The van der Waals surface area contributed by atoms with Crippen molar-refractivity contribution in [1.29, 1.82) is 0 Å². The molecule has 8 heteroatoms. The van der Waals surface area contributed by atoms with Gasteiger partial charge in [0.2, 0.25) is 5.91 Å². The van der Waals surface area contributed by atoms with Crippen molar-refractivity contribution in [2.24, 2.45) is 5.73 Å². The van der Waals surface area contributed by atoms with Crippen LogP contribution in [-0.2, 0) is 4.79 Å². The molecule has 1 heterocycles. The zero-order valence-electron chi connectivity index (χ0n) is 9.93. The number of anilines is 2. The van der Waals surface area contributed by atoms with Crippen LogP contribution in [0.3, 0.4) is 0 Å². The number of rotatable bonds is 4. The molecule has 0 aromatic carbocycles. The van der Waals surface area contributed by atoms with Gasteiger partial charge in [-0.3, -0.25) is 9.59 Å². The molecule has 0 spiro atoms. The topological polar surface area (TPSA) is 106 Å². The summed E-state index contributed by atoms with van der Waals surface area (Å²) in [7, 11) is 5.00. The van der Waals surface area contributed by atoms with E-state index in [0.29, 0.717) is 5.00 Å². The molecule has 0 fully saturated rings. The molecule has 0 unspecified atom stereocenters. The van der Waals surface area contributed by atoms with Crippen LogP contribution in [0.25, 0.3) is 0 Å². The molecule has 0 aliphatic rings. The van der Waals surface area contributed by atoms with Crippen LogP contribution >= 0.6 is 11.5 Å². The molecular formula is C9H15N5O2S. The van der Waals surface area contributed by atoms with Crippen LogP contribution in [0.4, 0.5) is 10.8 Å². The van der Waals surface area contributed by atoms with Gasteiger partial charge in [0.05, 0.1) is 6.54 Å². The van der Waals surface area contributed by atoms with Crippen LogP contribution in [-0.4, -0.2) is 48.8 Å². The van der Waals surface area contributed by atoms with Crippen molar-refractivity contribution in [3.05, 3.63) is 5.56 Å². The summed E-state index contributed by atoms with van der Waals surface area (Å²) in [6.07, 6.45) is 0. The Morgan fingerprint density at radius 3 is 2.41 bits per heavy atom. The minimum absolute atomic E-state index is 0.0881. The Balaban J connectivity index is 2.93. The van der Waals surface area contributed by atoms with E-state index < -0.39 is 5.91 Å². The smallest absolute Gasteiger partial charge is 0.255 e. The quantitative estimate of drug-likeness (QED) is 0.745. The third-order valence-electron chi connectivity index (χ3n) is 2.16. The van der Waals surface area contributed by atoms with E-state index >= 15 is 0 Å². The van der Waals surface area contributed by atoms with E-state index in [2.05, 4.69) is 4.37 Å². The molecule has 0 atom stereocenters. The molecule has 1 aromatic rings. The molecule has 2 amide bonds. The van der Waals surface area contributed by atoms with Gasteiger partial charge in [-0.1, -0.05) is 0 Å². The summed E-state index contributed by atoms with van der Waals surface area (Å²) >= 11 is 1.05. The van der Waals surface area contributed by atoms with Crippen LogP contribution in [0.1, 0.15) is 10.4 Å². The van der Waals surface area contributed by atoms with E-state index in [1.807, 2.05) is 0 Å². The summed E-state index contributed by atoms with van der Waals surface area (Å²) in [6, 6.07) is 0. The van der Waals surface area contributed by atoms with Gasteiger partial charge < -0.3 is 21.3 Å². The monoisotopic (exact) mass is 257 g/mol. The maximum Gasteiger partial charge on any atom is 0.255 e. The summed E-state index contributed by atoms with van der Waals surface area (Å²) in [6.45, 7) is 0.134.